The quantitative estimate of drug-likeness (QED) is 0.598. The van der Waals surface area contributed by atoms with Gasteiger partial charge in [-0.2, -0.15) is 5.10 Å². The molecule has 0 fully saturated rings. The van der Waals surface area contributed by atoms with Gasteiger partial charge in [-0.05, 0) is 55.3 Å². The first-order valence-corrected chi connectivity index (χ1v) is 9.17. The molecule has 0 saturated heterocycles. The van der Waals surface area contributed by atoms with Crippen molar-refractivity contribution in [3.63, 3.8) is 0 Å². The fraction of sp³-hybridized carbons (Fsp3) is 0.190. The molecular formula is C21H21FN4O3. The van der Waals surface area contributed by atoms with E-state index in [-0.39, 0.29) is 24.1 Å². The first-order valence-electron chi connectivity index (χ1n) is 9.17. The fourth-order valence-corrected chi connectivity index (χ4v) is 2.65. The molecule has 0 aliphatic heterocycles. The Bertz CT molecular complexity index is 986. The number of carbonyl (C=O) groups excluding carboxylic acids is 2. The zero-order valence-electron chi connectivity index (χ0n) is 15.9. The van der Waals surface area contributed by atoms with Crippen molar-refractivity contribution in [3.8, 4) is 5.69 Å². The van der Waals surface area contributed by atoms with E-state index in [0.29, 0.717) is 24.3 Å². The van der Waals surface area contributed by atoms with Crippen LogP contribution in [0.15, 0.2) is 60.8 Å². The molecule has 3 aromatic rings. The number of rotatable bonds is 7. The van der Waals surface area contributed by atoms with E-state index in [0.717, 1.165) is 5.56 Å². The summed E-state index contributed by atoms with van der Waals surface area (Å²) in [5.74, 6) is -0.771. The third kappa shape index (κ3) is 5.65. The van der Waals surface area contributed by atoms with Crippen molar-refractivity contribution >= 4 is 17.7 Å². The molecule has 0 saturated carbocycles. The third-order valence-electron chi connectivity index (χ3n) is 4.05. The molecule has 1 aromatic heterocycles. The molecule has 150 valence electrons. The SMILES string of the molecule is CCOC(=O)c1ccn(-c2cccc(NC(=O)NCCc3ccc(F)cc3)c2)n1. The molecule has 29 heavy (non-hydrogen) atoms. The van der Waals surface area contributed by atoms with Crippen molar-refractivity contribution in [1.82, 2.24) is 15.1 Å². The van der Waals surface area contributed by atoms with Gasteiger partial charge in [-0.15, -0.1) is 0 Å². The Balaban J connectivity index is 1.56. The maximum absolute atomic E-state index is 12.9. The lowest BCUT2D eigenvalue weighted by Gasteiger charge is -2.09. The van der Waals surface area contributed by atoms with Gasteiger partial charge in [0.1, 0.15) is 5.82 Å². The van der Waals surface area contributed by atoms with Gasteiger partial charge >= 0.3 is 12.0 Å². The van der Waals surface area contributed by atoms with Crippen LogP contribution in [0.4, 0.5) is 14.9 Å². The van der Waals surface area contributed by atoms with E-state index in [4.69, 9.17) is 4.74 Å². The Morgan fingerprint density at radius 2 is 1.93 bits per heavy atom. The van der Waals surface area contributed by atoms with Gasteiger partial charge in [0.2, 0.25) is 0 Å². The zero-order valence-corrected chi connectivity index (χ0v) is 15.9. The molecule has 0 radical (unpaired) electrons. The number of ether oxygens (including phenoxy) is 1. The Labute approximate surface area is 167 Å². The molecular weight excluding hydrogens is 375 g/mol. The van der Waals surface area contributed by atoms with Crippen molar-refractivity contribution in [2.75, 3.05) is 18.5 Å². The molecule has 0 atom stereocenters. The van der Waals surface area contributed by atoms with Crippen molar-refractivity contribution in [3.05, 3.63) is 77.9 Å². The molecule has 2 aromatic carbocycles. The summed E-state index contributed by atoms with van der Waals surface area (Å²) in [6.45, 7) is 2.43. The van der Waals surface area contributed by atoms with E-state index in [9.17, 15) is 14.0 Å². The van der Waals surface area contributed by atoms with Crippen molar-refractivity contribution in [2.45, 2.75) is 13.3 Å². The topological polar surface area (TPSA) is 85.2 Å². The van der Waals surface area contributed by atoms with Crippen LogP contribution in [0.5, 0.6) is 0 Å². The van der Waals surface area contributed by atoms with Crippen LogP contribution in [0, 0.1) is 5.82 Å². The molecule has 7 nitrogen and oxygen atoms in total. The lowest BCUT2D eigenvalue weighted by Crippen LogP contribution is -2.30. The van der Waals surface area contributed by atoms with E-state index in [1.165, 1.54) is 16.8 Å². The average Bonchev–Trinajstić information content (AvgIpc) is 3.20. The number of amides is 2. The maximum atomic E-state index is 12.9. The van der Waals surface area contributed by atoms with Gasteiger partial charge in [-0.1, -0.05) is 18.2 Å². The molecule has 0 aliphatic rings. The maximum Gasteiger partial charge on any atom is 0.358 e. The molecule has 2 amide bonds. The second kappa shape index (κ2) is 9.50. The van der Waals surface area contributed by atoms with Gasteiger partial charge in [0.05, 0.1) is 12.3 Å². The van der Waals surface area contributed by atoms with E-state index < -0.39 is 5.97 Å². The monoisotopic (exact) mass is 396 g/mol. The number of nitrogens with one attached hydrogen (secondary N) is 2. The van der Waals surface area contributed by atoms with E-state index >= 15 is 0 Å². The summed E-state index contributed by atoms with van der Waals surface area (Å²) >= 11 is 0. The minimum Gasteiger partial charge on any atom is -0.461 e. The van der Waals surface area contributed by atoms with Gasteiger partial charge in [0.15, 0.2) is 5.69 Å². The lowest BCUT2D eigenvalue weighted by atomic mass is 10.1. The Morgan fingerprint density at radius 1 is 1.14 bits per heavy atom. The Morgan fingerprint density at radius 3 is 2.69 bits per heavy atom. The number of halogens is 1. The second-order valence-corrected chi connectivity index (χ2v) is 6.17. The summed E-state index contributed by atoms with van der Waals surface area (Å²) in [6.07, 6.45) is 2.24. The first kappa shape index (κ1) is 20.1. The zero-order chi connectivity index (χ0) is 20.6. The molecule has 1 heterocycles. The normalized spacial score (nSPS) is 10.4. The van der Waals surface area contributed by atoms with Crippen molar-refractivity contribution in [1.29, 1.82) is 0 Å². The van der Waals surface area contributed by atoms with Crippen molar-refractivity contribution in [2.24, 2.45) is 0 Å². The number of hydrogen-bond acceptors (Lipinski definition) is 4. The largest absolute Gasteiger partial charge is 0.461 e. The predicted octanol–water partition coefficient (Wildman–Crippen LogP) is 3.55. The highest BCUT2D eigenvalue weighted by atomic mass is 19.1. The van der Waals surface area contributed by atoms with Crippen LogP contribution in [0.1, 0.15) is 23.0 Å². The average molecular weight is 396 g/mol. The standard InChI is InChI=1S/C21H21FN4O3/c1-2-29-20(27)19-11-13-26(25-19)18-5-3-4-17(14-18)24-21(28)23-12-10-15-6-8-16(22)9-7-15/h3-9,11,13-14H,2,10,12H2,1H3,(H2,23,24,28). The van der Waals surface area contributed by atoms with Crippen molar-refractivity contribution < 1.29 is 18.7 Å². The second-order valence-electron chi connectivity index (χ2n) is 6.17. The number of benzene rings is 2. The highest BCUT2D eigenvalue weighted by Crippen LogP contribution is 2.15. The molecule has 2 N–H and O–H groups in total. The minimum atomic E-state index is -0.485. The Kier molecular flexibility index (Phi) is 6.57. The lowest BCUT2D eigenvalue weighted by molar-refractivity contribution is 0.0519. The minimum absolute atomic E-state index is 0.212. The van der Waals surface area contributed by atoms with Crippen LogP contribution < -0.4 is 10.6 Å². The molecule has 8 heteroatoms. The highest BCUT2D eigenvalue weighted by Gasteiger charge is 2.11. The number of esters is 1. The summed E-state index contributed by atoms with van der Waals surface area (Å²) in [4.78, 5) is 23.8. The van der Waals surface area contributed by atoms with Crippen LogP contribution in [0.25, 0.3) is 5.69 Å². The number of nitrogens with zero attached hydrogens (tertiary/aromatic N) is 2. The smallest absolute Gasteiger partial charge is 0.358 e. The number of urea groups is 1. The molecule has 0 bridgehead atoms. The van der Waals surface area contributed by atoms with Gasteiger partial charge in [0, 0.05) is 18.4 Å². The first-order chi connectivity index (χ1) is 14.0. The summed E-state index contributed by atoms with van der Waals surface area (Å²) in [5, 5.41) is 9.71. The predicted molar refractivity (Wildman–Crippen MR) is 107 cm³/mol. The Hall–Kier alpha value is -3.68. The third-order valence-corrected chi connectivity index (χ3v) is 4.05. The number of anilines is 1. The fourth-order valence-electron chi connectivity index (χ4n) is 2.65. The molecule has 0 unspecified atom stereocenters. The van der Waals surface area contributed by atoms with Crippen LogP contribution in [0.2, 0.25) is 0 Å². The van der Waals surface area contributed by atoms with Gasteiger partial charge in [-0.25, -0.2) is 18.7 Å². The summed E-state index contributed by atoms with van der Waals surface area (Å²) in [7, 11) is 0. The summed E-state index contributed by atoms with van der Waals surface area (Å²) < 4.78 is 19.4. The number of carbonyl (C=O) groups is 2. The van der Waals surface area contributed by atoms with Crippen LogP contribution in [0.3, 0.4) is 0 Å². The molecule has 0 spiro atoms. The highest BCUT2D eigenvalue weighted by molar-refractivity contribution is 5.89. The van der Waals surface area contributed by atoms with Gasteiger partial charge in [-0.3, -0.25) is 0 Å². The van der Waals surface area contributed by atoms with E-state index in [1.807, 2.05) is 0 Å². The van der Waals surface area contributed by atoms with Crippen LogP contribution >= 0.6 is 0 Å². The number of hydrogen-bond donors (Lipinski definition) is 2. The van der Waals surface area contributed by atoms with E-state index in [2.05, 4.69) is 15.7 Å². The summed E-state index contributed by atoms with van der Waals surface area (Å²) in [5.41, 5.74) is 2.41. The van der Waals surface area contributed by atoms with Gasteiger partial charge < -0.3 is 15.4 Å². The van der Waals surface area contributed by atoms with Gasteiger partial charge in [0.25, 0.3) is 0 Å². The number of aromatic nitrogens is 2. The van der Waals surface area contributed by atoms with Crippen LogP contribution in [-0.2, 0) is 11.2 Å². The summed E-state index contributed by atoms with van der Waals surface area (Å²) in [6, 6.07) is 14.4. The molecule has 3 rings (SSSR count). The molecule has 0 aliphatic carbocycles. The van der Waals surface area contributed by atoms with E-state index in [1.54, 1.807) is 55.6 Å². The van der Waals surface area contributed by atoms with Crippen LogP contribution in [-0.4, -0.2) is 34.9 Å².